The first-order valence-electron chi connectivity index (χ1n) is 5.94. The predicted molar refractivity (Wildman–Crippen MR) is 57.0 cm³/mol. The second kappa shape index (κ2) is 6.05. The number of hydrogen-bond donors (Lipinski definition) is 0. The molecule has 2 heteroatoms. The molecule has 0 saturated heterocycles. The molecule has 0 aromatic heterocycles. The molecule has 1 aliphatic rings. The summed E-state index contributed by atoms with van der Waals surface area (Å²) in [6.07, 6.45) is 6.69. The summed E-state index contributed by atoms with van der Waals surface area (Å²) in [6.45, 7) is 4.86. The van der Waals surface area contributed by atoms with E-state index in [1.54, 1.807) is 0 Å². The van der Waals surface area contributed by atoms with Gasteiger partial charge in [0, 0.05) is 0 Å². The molecule has 1 rings (SSSR count). The van der Waals surface area contributed by atoms with Crippen molar-refractivity contribution >= 4 is 5.97 Å². The quantitative estimate of drug-likeness (QED) is 0.649. The van der Waals surface area contributed by atoms with E-state index in [0.717, 1.165) is 25.2 Å². The maximum atomic E-state index is 11.5. The average molecular weight is 198 g/mol. The van der Waals surface area contributed by atoms with E-state index in [1.165, 1.54) is 19.3 Å². The lowest BCUT2D eigenvalue weighted by molar-refractivity contribution is -0.150. The molecule has 14 heavy (non-hydrogen) atoms. The van der Waals surface area contributed by atoms with Crippen LogP contribution in [0.4, 0.5) is 0 Å². The van der Waals surface area contributed by atoms with Crippen molar-refractivity contribution in [3.63, 3.8) is 0 Å². The van der Waals surface area contributed by atoms with Crippen LogP contribution < -0.4 is 0 Å². The highest BCUT2D eigenvalue weighted by atomic mass is 16.5. The Morgan fingerprint density at radius 3 is 2.36 bits per heavy atom. The normalized spacial score (nSPS) is 27.3. The molecule has 0 aromatic rings. The molecule has 1 saturated carbocycles. The Balaban J connectivity index is 2.23. The lowest BCUT2D eigenvalue weighted by Crippen LogP contribution is -2.23. The number of hydrogen-bond acceptors (Lipinski definition) is 2. The van der Waals surface area contributed by atoms with Gasteiger partial charge in [-0.15, -0.1) is 0 Å². The first-order chi connectivity index (χ1) is 6.77. The molecule has 1 aliphatic carbocycles. The molecule has 0 amide bonds. The van der Waals surface area contributed by atoms with Gasteiger partial charge >= 0.3 is 5.97 Å². The zero-order valence-corrected chi connectivity index (χ0v) is 9.42. The van der Waals surface area contributed by atoms with Crippen molar-refractivity contribution in [3.8, 4) is 0 Å². The Hall–Kier alpha value is -0.530. The van der Waals surface area contributed by atoms with Crippen molar-refractivity contribution in [1.29, 1.82) is 0 Å². The number of rotatable bonds is 4. The monoisotopic (exact) mass is 198 g/mol. The van der Waals surface area contributed by atoms with Crippen LogP contribution in [0.5, 0.6) is 0 Å². The minimum absolute atomic E-state index is 0.0430. The molecule has 0 heterocycles. The summed E-state index contributed by atoms with van der Waals surface area (Å²) in [5.74, 6) is 1.09. The molecular weight excluding hydrogens is 176 g/mol. The Labute approximate surface area is 87.0 Å². The van der Waals surface area contributed by atoms with E-state index < -0.39 is 0 Å². The van der Waals surface area contributed by atoms with Crippen LogP contribution in [0, 0.1) is 11.8 Å². The van der Waals surface area contributed by atoms with Crippen molar-refractivity contribution in [3.05, 3.63) is 0 Å². The average Bonchev–Trinajstić information content (AvgIpc) is 2.26. The summed E-state index contributed by atoms with van der Waals surface area (Å²) in [6, 6.07) is 0. The van der Waals surface area contributed by atoms with Crippen molar-refractivity contribution in [2.24, 2.45) is 11.8 Å². The topological polar surface area (TPSA) is 26.3 Å². The second-order valence-corrected chi connectivity index (χ2v) is 4.29. The van der Waals surface area contributed by atoms with Gasteiger partial charge in [0.05, 0.1) is 12.5 Å². The van der Waals surface area contributed by atoms with E-state index in [1.807, 2.05) is 6.92 Å². The molecule has 0 aliphatic heterocycles. The van der Waals surface area contributed by atoms with Crippen molar-refractivity contribution in [2.75, 3.05) is 6.61 Å². The van der Waals surface area contributed by atoms with E-state index in [0.29, 0.717) is 6.61 Å². The van der Waals surface area contributed by atoms with Crippen LogP contribution >= 0.6 is 0 Å². The van der Waals surface area contributed by atoms with Gasteiger partial charge in [-0.3, -0.25) is 4.79 Å². The summed E-state index contributed by atoms with van der Waals surface area (Å²) in [7, 11) is 0. The smallest absolute Gasteiger partial charge is 0.308 e. The molecule has 2 nitrogen and oxygen atoms in total. The summed E-state index contributed by atoms with van der Waals surface area (Å²) in [5.41, 5.74) is 0. The summed E-state index contributed by atoms with van der Waals surface area (Å²) >= 11 is 0. The molecule has 0 atom stereocenters. The molecule has 0 aromatic carbocycles. The van der Waals surface area contributed by atoms with Gasteiger partial charge < -0.3 is 4.74 Å². The maximum absolute atomic E-state index is 11.5. The van der Waals surface area contributed by atoms with E-state index in [-0.39, 0.29) is 11.9 Å². The minimum atomic E-state index is 0.0430. The molecule has 0 N–H and O–H groups in total. The zero-order valence-electron chi connectivity index (χ0n) is 9.42. The van der Waals surface area contributed by atoms with Gasteiger partial charge in [0.2, 0.25) is 0 Å². The van der Waals surface area contributed by atoms with Crippen LogP contribution in [0.2, 0.25) is 0 Å². The van der Waals surface area contributed by atoms with E-state index in [2.05, 4.69) is 6.92 Å². The van der Waals surface area contributed by atoms with Crippen LogP contribution in [0.25, 0.3) is 0 Å². The lowest BCUT2D eigenvalue weighted by Gasteiger charge is -2.26. The van der Waals surface area contributed by atoms with Crippen molar-refractivity contribution in [2.45, 2.75) is 52.4 Å². The predicted octanol–water partition coefficient (Wildman–Crippen LogP) is 3.16. The Kier molecular flexibility index (Phi) is 4.99. The largest absolute Gasteiger partial charge is 0.465 e. The number of carbonyl (C=O) groups is 1. The van der Waals surface area contributed by atoms with Gasteiger partial charge in [-0.05, 0) is 38.0 Å². The van der Waals surface area contributed by atoms with Gasteiger partial charge in [-0.25, -0.2) is 0 Å². The SMILES string of the molecule is CCCOC(=O)C1CCC(CC)CC1. The fourth-order valence-electron chi connectivity index (χ4n) is 2.13. The Bertz CT molecular complexity index is 169. The third-order valence-electron chi connectivity index (χ3n) is 3.21. The van der Waals surface area contributed by atoms with Crippen LogP contribution in [-0.2, 0) is 9.53 Å². The third kappa shape index (κ3) is 3.32. The first kappa shape index (κ1) is 11.5. The summed E-state index contributed by atoms with van der Waals surface area (Å²) in [4.78, 5) is 11.5. The number of esters is 1. The molecule has 0 bridgehead atoms. The highest BCUT2D eigenvalue weighted by Crippen LogP contribution is 2.31. The van der Waals surface area contributed by atoms with Crippen molar-refractivity contribution < 1.29 is 9.53 Å². The maximum Gasteiger partial charge on any atom is 0.308 e. The van der Waals surface area contributed by atoms with Gasteiger partial charge in [0.1, 0.15) is 0 Å². The highest BCUT2D eigenvalue weighted by molar-refractivity contribution is 5.72. The summed E-state index contributed by atoms with van der Waals surface area (Å²) < 4.78 is 5.16. The fraction of sp³-hybridized carbons (Fsp3) is 0.917. The minimum Gasteiger partial charge on any atom is -0.465 e. The number of ether oxygens (including phenoxy) is 1. The fourth-order valence-corrected chi connectivity index (χ4v) is 2.13. The zero-order chi connectivity index (χ0) is 10.4. The molecular formula is C12H22O2. The van der Waals surface area contributed by atoms with Gasteiger partial charge in [0.25, 0.3) is 0 Å². The molecule has 82 valence electrons. The molecule has 1 fully saturated rings. The van der Waals surface area contributed by atoms with E-state index >= 15 is 0 Å². The first-order valence-corrected chi connectivity index (χ1v) is 5.94. The van der Waals surface area contributed by atoms with Crippen molar-refractivity contribution in [1.82, 2.24) is 0 Å². The molecule has 0 unspecified atom stereocenters. The van der Waals surface area contributed by atoms with Gasteiger partial charge in [-0.2, -0.15) is 0 Å². The van der Waals surface area contributed by atoms with Gasteiger partial charge in [0.15, 0.2) is 0 Å². The van der Waals surface area contributed by atoms with E-state index in [4.69, 9.17) is 4.74 Å². The lowest BCUT2D eigenvalue weighted by atomic mass is 9.81. The summed E-state index contributed by atoms with van der Waals surface area (Å²) in [5, 5.41) is 0. The van der Waals surface area contributed by atoms with Crippen LogP contribution in [0.1, 0.15) is 52.4 Å². The number of carbonyl (C=O) groups excluding carboxylic acids is 1. The molecule has 0 radical (unpaired) electrons. The second-order valence-electron chi connectivity index (χ2n) is 4.29. The third-order valence-corrected chi connectivity index (χ3v) is 3.21. The van der Waals surface area contributed by atoms with Crippen LogP contribution in [0.15, 0.2) is 0 Å². The van der Waals surface area contributed by atoms with Crippen LogP contribution in [0.3, 0.4) is 0 Å². The molecule has 0 spiro atoms. The van der Waals surface area contributed by atoms with E-state index in [9.17, 15) is 4.79 Å². The highest BCUT2D eigenvalue weighted by Gasteiger charge is 2.26. The Morgan fingerprint density at radius 1 is 1.21 bits per heavy atom. The Morgan fingerprint density at radius 2 is 1.86 bits per heavy atom. The van der Waals surface area contributed by atoms with Gasteiger partial charge in [-0.1, -0.05) is 20.3 Å². The van der Waals surface area contributed by atoms with Crippen LogP contribution in [-0.4, -0.2) is 12.6 Å². The standard InChI is InChI=1S/C12H22O2/c1-3-9-14-12(13)11-7-5-10(4-2)6-8-11/h10-11H,3-9H2,1-2H3.